The van der Waals surface area contributed by atoms with Gasteiger partial charge in [0.2, 0.25) is 0 Å². The highest BCUT2D eigenvalue weighted by molar-refractivity contribution is 6.30. The number of nitrogens with two attached hydrogens (primary N) is 1. The van der Waals surface area contributed by atoms with Crippen molar-refractivity contribution in [1.82, 2.24) is 0 Å². The third-order valence-corrected chi connectivity index (χ3v) is 3.24. The Morgan fingerprint density at radius 1 is 1.11 bits per heavy atom. The molecule has 0 spiro atoms. The van der Waals surface area contributed by atoms with Crippen LogP contribution in [-0.4, -0.2) is 6.54 Å². The summed E-state index contributed by atoms with van der Waals surface area (Å²) in [6.07, 6.45) is 0.692. The highest BCUT2D eigenvalue weighted by Crippen LogP contribution is 2.23. The first-order valence-electron chi connectivity index (χ1n) is 5.89. The van der Waals surface area contributed by atoms with Crippen LogP contribution in [0.1, 0.15) is 17.0 Å². The van der Waals surface area contributed by atoms with E-state index in [-0.39, 0.29) is 11.7 Å². The van der Waals surface area contributed by atoms with Gasteiger partial charge in [-0.05, 0) is 42.3 Å². The highest BCUT2D eigenvalue weighted by Gasteiger charge is 2.14. The van der Waals surface area contributed by atoms with E-state index >= 15 is 0 Å². The van der Waals surface area contributed by atoms with Crippen molar-refractivity contribution in [1.29, 1.82) is 0 Å². The molecule has 0 amide bonds. The van der Waals surface area contributed by atoms with Gasteiger partial charge in [0, 0.05) is 10.9 Å². The van der Waals surface area contributed by atoms with Crippen LogP contribution in [0.5, 0.6) is 0 Å². The summed E-state index contributed by atoms with van der Waals surface area (Å²) < 4.78 is 13.7. The molecule has 2 N–H and O–H groups in total. The molecule has 0 saturated heterocycles. The molecule has 2 rings (SSSR count). The minimum atomic E-state index is -0.199. The van der Waals surface area contributed by atoms with Crippen molar-refractivity contribution in [3.63, 3.8) is 0 Å². The van der Waals surface area contributed by atoms with Crippen LogP contribution in [0.15, 0.2) is 48.5 Å². The maximum Gasteiger partial charge on any atom is 0.126 e. The Morgan fingerprint density at radius 3 is 2.56 bits per heavy atom. The molecule has 94 valence electrons. The van der Waals surface area contributed by atoms with Gasteiger partial charge in [-0.25, -0.2) is 4.39 Å². The van der Waals surface area contributed by atoms with E-state index < -0.39 is 0 Å². The Labute approximate surface area is 111 Å². The zero-order chi connectivity index (χ0) is 13.0. The monoisotopic (exact) mass is 263 g/mol. The molecule has 0 aliphatic carbocycles. The van der Waals surface area contributed by atoms with Gasteiger partial charge in [-0.2, -0.15) is 0 Å². The third kappa shape index (κ3) is 3.09. The van der Waals surface area contributed by atoms with E-state index in [4.69, 9.17) is 17.3 Å². The van der Waals surface area contributed by atoms with Crippen molar-refractivity contribution >= 4 is 11.6 Å². The molecule has 0 bridgehead atoms. The van der Waals surface area contributed by atoms with Crippen molar-refractivity contribution in [2.45, 2.75) is 12.3 Å². The van der Waals surface area contributed by atoms with Crippen LogP contribution in [-0.2, 0) is 6.42 Å². The van der Waals surface area contributed by atoms with Crippen LogP contribution in [0.4, 0.5) is 4.39 Å². The third-order valence-electron chi connectivity index (χ3n) is 3.00. The van der Waals surface area contributed by atoms with Crippen LogP contribution >= 0.6 is 11.6 Å². The molecule has 0 saturated carbocycles. The molecule has 0 fully saturated rings. The molecule has 0 heterocycles. The minimum absolute atomic E-state index is 0.0235. The summed E-state index contributed by atoms with van der Waals surface area (Å²) in [6, 6.07) is 14.4. The lowest BCUT2D eigenvalue weighted by molar-refractivity contribution is 0.576. The van der Waals surface area contributed by atoms with Crippen molar-refractivity contribution in [2.24, 2.45) is 5.73 Å². The number of rotatable bonds is 4. The molecule has 0 aliphatic heterocycles. The molecule has 2 aromatic rings. The number of halogens is 2. The molecule has 18 heavy (non-hydrogen) atoms. The zero-order valence-electron chi connectivity index (χ0n) is 9.94. The molecular weight excluding hydrogens is 249 g/mol. The second-order valence-electron chi connectivity index (χ2n) is 4.29. The van der Waals surface area contributed by atoms with E-state index in [9.17, 15) is 4.39 Å². The predicted octanol–water partition coefficient (Wildman–Crippen LogP) is 3.76. The summed E-state index contributed by atoms with van der Waals surface area (Å²) in [7, 11) is 0. The smallest absolute Gasteiger partial charge is 0.126 e. The van der Waals surface area contributed by atoms with Crippen LogP contribution in [0, 0.1) is 5.82 Å². The lowest BCUT2D eigenvalue weighted by atomic mass is 9.92. The summed E-state index contributed by atoms with van der Waals surface area (Å²) >= 11 is 5.94. The first kappa shape index (κ1) is 13.1. The normalized spacial score (nSPS) is 12.4. The average Bonchev–Trinajstić information content (AvgIpc) is 2.37. The fourth-order valence-electron chi connectivity index (χ4n) is 2.07. The number of hydrogen-bond donors (Lipinski definition) is 1. The lowest BCUT2D eigenvalue weighted by Gasteiger charge is -2.16. The van der Waals surface area contributed by atoms with Gasteiger partial charge >= 0.3 is 0 Å². The summed E-state index contributed by atoms with van der Waals surface area (Å²) in [6.45, 7) is 0.410. The van der Waals surface area contributed by atoms with Crippen molar-refractivity contribution < 1.29 is 4.39 Å². The molecule has 0 aromatic heterocycles. The highest BCUT2D eigenvalue weighted by atomic mass is 35.5. The summed E-state index contributed by atoms with van der Waals surface area (Å²) in [5, 5.41) is 0.691. The van der Waals surface area contributed by atoms with E-state index in [2.05, 4.69) is 0 Å². The van der Waals surface area contributed by atoms with Gasteiger partial charge in [-0.1, -0.05) is 41.9 Å². The summed E-state index contributed by atoms with van der Waals surface area (Å²) in [5.41, 5.74) is 7.50. The first-order chi connectivity index (χ1) is 8.70. The average molecular weight is 264 g/mol. The molecule has 3 heteroatoms. The second kappa shape index (κ2) is 5.98. The Balaban J connectivity index is 2.23. The van der Waals surface area contributed by atoms with Gasteiger partial charge in [0.1, 0.15) is 5.82 Å². The van der Waals surface area contributed by atoms with E-state index in [1.54, 1.807) is 12.1 Å². The van der Waals surface area contributed by atoms with E-state index in [1.807, 2.05) is 30.3 Å². The molecule has 1 atom stereocenters. The molecule has 2 aromatic carbocycles. The van der Waals surface area contributed by atoms with Gasteiger partial charge in [0.25, 0.3) is 0 Å². The topological polar surface area (TPSA) is 26.0 Å². The molecule has 1 unspecified atom stereocenters. The van der Waals surface area contributed by atoms with E-state index in [1.165, 1.54) is 6.07 Å². The lowest BCUT2D eigenvalue weighted by Crippen LogP contribution is -2.16. The van der Waals surface area contributed by atoms with Gasteiger partial charge in [-0.3, -0.25) is 0 Å². The van der Waals surface area contributed by atoms with Crippen molar-refractivity contribution in [3.05, 3.63) is 70.5 Å². The Kier molecular flexibility index (Phi) is 4.34. The maximum atomic E-state index is 13.7. The summed E-state index contributed by atoms with van der Waals surface area (Å²) in [4.78, 5) is 0. The van der Waals surface area contributed by atoms with Crippen LogP contribution in [0.25, 0.3) is 0 Å². The van der Waals surface area contributed by atoms with Crippen LogP contribution < -0.4 is 5.73 Å². The van der Waals surface area contributed by atoms with Crippen LogP contribution in [0.3, 0.4) is 0 Å². The van der Waals surface area contributed by atoms with E-state index in [0.29, 0.717) is 23.6 Å². The first-order valence-corrected chi connectivity index (χ1v) is 6.27. The quantitative estimate of drug-likeness (QED) is 0.893. The fraction of sp³-hybridized carbons (Fsp3) is 0.200. The van der Waals surface area contributed by atoms with Gasteiger partial charge < -0.3 is 5.73 Å². The van der Waals surface area contributed by atoms with Crippen molar-refractivity contribution in [2.75, 3.05) is 6.54 Å². The van der Waals surface area contributed by atoms with E-state index in [0.717, 1.165) is 5.56 Å². The van der Waals surface area contributed by atoms with Crippen molar-refractivity contribution in [3.8, 4) is 0 Å². The summed E-state index contributed by atoms with van der Waals surface area (Å²) in [5.74, 6) is -0.223. The predicted molar refractivity (Wildman–Crippen MR) is 73.4 cm³/mol. The fourth-order valence-corrected chi connectivity index (χ4v) is 2.29. The SMILES string of the molecule is NCC(Cc1cccc(Cl)c1)c1ccccc1F. The zero-order valence-corrected chi connectivity index (χ0v) is 10.7. The second-order valence-corrected chi connectivity index (χ2v) is 4.72. The molecule has 0 aliphatic rings. The maximum absolute atomic E-state index is 13.7. The molecule has 0 radical (unpaired) electrons. The van der Waals surface area contributed by atoms with Crippen LogP contribution in [0.2, 0.25) is 5.02 Å². The Bertz CT molecular complexity index is 527. The Hall–Kier alpha value is -1.38. The number of benzene rings is 2. The molecule has 1 nitrogen and oxygen atoms in total. The molecular formula is C15H15ClFN. The number of hydrogen-bond acceptors (Lipinski definition) is 1. The Morgan fingerprint density at radius 2 is 1.89 bits per heavy atom. The standard InChI is InChI=1S/C15H15ClFN/c16-13-5-3-4-11(9-13)8-12(10-18)14-6-1-2-7-15(14)17/h1-7,9,12H,8,10,18H2. The largest absolute Gasteiger partial charge is 0.330 e. The van der Waals surface area contributed by atoms with Gasteiger partial charge in [-0.15, -0.1) is 0 Å². The van der Waals surface area contributed by atoms with Gasteiger partial charge in [0.05, 0.1) is 0 Å². The van der Waals surface area contributed by atoms with Gasteiger partial charge in [0.15, 0.2) is 0 Å². The minimum Gasteiger partial charge on any atom is -0.330 e.